The lowest BCUT2D eigenvalue weighted by molar-refractivity contribution is 0.0600. The van der Waals surface area contributed by atoms with Crippen molar-refractivity contribution < 1.29 is 14.3 Å². The van der Waals surface area contributed by atoms with Crippen molar-refractivity contribution in [3.63, 3.8) is 0 Å². The second-order valence-corrected chi connectivity index (χ2v) is 5.49. The van der Waals surface area contributed by atoms with Crippen LogP contribution in [0.15, 0.2) is 48.5 Å². The van der Waals surface area contributed by atoms with Gasteiger partial charge >= 0.3 is 5.97 Å². The summed E-state index contributed by atoms with van der Waals surface area (Å²) in [4.78, 5) is 11.4. The molecule has 0 bridgehead atoms. The smallest absolute Gasteiger partial charge is 0.337 e. The average Bonchev–Trinajstić information content (AvgIpc) is 2.60. The molecule has 0 aliphatic rings. The zero-order valence-corrected chi connectivity index (χ0v) is 14.8. The zero-order chi connectivity index (χ0) is 16.7. The maximum Gasteiger partial charge on any atom is 0.337 e. The molecule has 5 heteroatoms. The fourth-order valence-corrected chi connectivity index (χ4v) is 2.19. The van der Waals surface area contributed by atoms with Gasteiger partial charge in [0, 0.05) is 6.04 Å². The number of esters is 1. The van der Waals surface area contributed by atoms with Crippen LogP contribution in [0, 0.1) is 0 Å². The molecule has 2 aromatic carbocycles. The summed E-state index contributed by atoms with van der Waals surface area (Å²) in [6.07, 6.45) is 1.85. The molecule has 0 amide bonds. The van der Waals surface area contributed by atoms with Crippen LogP contribution < -0.4 is 10.5 Å². The molecule has 0 aliphatic heterocycles. The van der Waals surface area contributed by atoms with Crippen molar-refractivity contribution in [2.45, 2.75) is 32.4 Å². The molecule has 0 aromatic heterocycles. The molecule has 0 fully saturated rings. The molecular formula is C19H24ClNO3. The first-order chi connectivity index (χ1) is 11.1. The van der Waals surface area contributed by atoms with Crippen LogP contribution in [0.2, 0.25) is 0 Å². The van der Waals surface area contributed by atoms with Gasteiger partial charge in [-0.25, -0.2) is 4.79 Å². The second kappa shape index (κ2) is 9.96. The first kappa shape index (κ1) is 20.0. The number of halogens is 1. The quantitative estimate of drug-likeness (QED) is 0.773. The van der Waals surface area contributed by atoms with Gasteiger partial charge in [-0.15, -0.1) is 12.4 Å². The van der Waals surface area contributed by atoms with Crippen molar-refractivity contribution in [1.29, 1.82) is 0 Å². The minimum absolute atomic E-state index is 0. The Morgan fingerprint density at radius 3 is 2.17 bits per heavy atom. The molecule has 0 saturated carbocycles. The number of ether oxygens (including phenoxy) is 2. The highest BCUT2D eigenvalue weighted by Gasteiger charge is 2.05. The van der Waals surface area contributed by atoms with Crippen molar-refractivity contribution >= 4 is 18.4 Å². The van der Waals surface area contributed by atoms with Gasteiger partial charge in [-0.1, -0.05) is 31.2 Å². The predicted molar refractivity (Wildman–Crippen MR) is 97.8 cm³/mol. The van der Waals surface area contributed by atoms with Gasteiger partial charge in [-0.05, 0) is 48.2 Å². The van der Waals surface area contributed by atoms with Crippen LogP contribution in [-0.2, 0) is 17.8 Å². The highest BCUT2D eigenvalue weighted by molar-refractivity contribution is 5.89. The molecule has 0 spiro atoms. The van der Waals surface area contributed by atoms with E-state index in [1.165, 1.54) is 12.7 Å². The number of hydrogen-bond acceptors (Lipinski definition) is 4. The maximum atomic E-state index is 11.4. The molecule has 2 N–H and O–H groups in total. The van der Waals surface area contributed by atoms with E-state index in [0.29, 0.717) is 12.2 Å². The lowest BCUT2D eigenvalue weighted by Gasteiger charge is -2.10. The average molecular weight is 350 g/mol. The molecule has 24 heavy (non-hydrogen) atoms. The van der Waals surface area contributed by atoms with Gasteiger partial charge in [0.15, 0.2) is 0 Å². The van der Waals surface area contributed by atoms with Gasteiger partial charge in [0.2, 0.25) is 0 Å². The SMILES string of the molecule is CCC(N)Cc1ccc(OCc2ccc(C(=O)OC)cc2)cc1.Cl. The number of carbonyl (C=O) groups is 1. The van der Waals surface area contributed by atoms with Crippen LogP contribution in [0.25, 0.3) is 0 Å². The Balaban J connectivity index is 0.00000288. The number of carbonyl (C=O) groups excluding carboxylic acids is 1. The van der Waals surface area contributed by atoms with Crippen molar-refractivity contribution in [1.82, 2.24) is 0 Å². The lowest BCUT2D eigenvalue weighted by Crippen LogP contribution is -2.21. The Labute approximate surface area is 149 Å². The first-order valence-corrected chi connectivity index (χ1v) is 7.77. The van der Waals surface area contributed by atoms with Crippen LogP contribution in [0.1, 0.15) is 34.8 Å². The first-order valence-electron chi connectivity index (χ1n) is 7.77. The van der Waals surface area contributed by atoms with E-state index in [1.807, 2.05) is 36.4 Å². The summed E-state index contributed by atoms with van der Waals surface area (Å²) in [6.45, 7) is 2.54. The second-order valence-electron chi connectivity index (χ2n) is 5.49. The number of hydrogen-bond donors (Lipinski definition) is 1. The summed E-state index contributed by atoms with van der Waals surface area (Å²) in [6, 6.07) is 15.4. The lowest BCUT2D eigenvalue weighted by atomic mass is 10.0. The van der Waals surface area contributed by atoms with E-state index in [0.717, 1.165) is 24.2 Å². The molecule has 0 aliphatic carbocycles. The molecular weight excluding hydrogens is 326 g/mol. The Kier molecular flexibility index (Phi) is 8.30. The highest BCUT2D eigenvalue weighted by Crippen LogP contribution is 2.16. The Morgan fingerprint density at radius 1 is 1.04 bits per heavy atom. The summed E-state index contributed by atoms with van der Waals surface area (Å²) in [5.74, 6) is 0.481. The van der Waals surface area contributed by atoms with E-state index in [1.54, 1.807) is 12.1 Å². The number of rotatable bonds is 7. The van der Waals surface area contributed by atoms with Crippen molar-refractivity contribution in [3.8, 4) is 5.75 Å². The molecule has 1 unspecified atom stereocenters. The zero-order valence-electron chi connectivity index (χ0n) is 14.0. The molecule has 2 rings (SSSR count). The number of nitrogens with two attached hydrogens (primary N) is 1. The highest BCUT2D eigenvalue weighted by atomic mass is 35.5. The van der Waals surface area contributed by atoms with E-state index in [4.69, 9.17) is 10.5 Å². The largest absolute Gasteiger partial charge is 0.489 e. The molecule has 0 saturated heterocycles. The minimum Gasteiger partial charge on any atom is -0.489 e. The molecule has 2 aromatic rings. The van der Waals surface area contributed by atoms with Crippen molar-refractivity contribution in [2.75, 3.05) is 7.11 Å². The monoisotopic (exact) mass is 349 g/mol. The summed E-state index contributed by atoms with van der Waals surface area (Å²) >= 11 is 0. The molecule has 130 valence electrons. The van der Waals surface area contributed by atoms with Crippen molar-refractivity contribution in [3.05, 3.63) is 65.2 Å². The van der Waals surface area contributed by atoms with Gasteiger partial charge in [-0.3, -0.25) is 0 Å². The van der Waals surface area contributed by atoms with E-state index in [-0.39, 0.29) is 24.4 Å². The topological polar surface area (TPSA) is 61.5 Å². The minimum atomic E-state index is -0.335. The third kappa shape index (κ3) is 5.87. The van der Waals surface area contributed by atoms with Gasteiger partial charge in [0.25, 0.3) is 0 Å². The molecule has 0 heterocycles. The van der Waals surface area contributed by atoms with E-state index >= 15 is 0 Å². The van der Waals surface area contributed by atoms with Crippen LogP contribution in [-0.4, -0.2) is 19.1 Å². The van der Waals surface area contributed by atoms with Crippen LogP contribution >= 0.6 is 12.4 Å². The van der Waals surface area contributed by atoms with Gasteiger partial charge in [0.05, 0.1) is 12.7 Å². The van der Waals surface area contributed by atoms with Gasteiger partial charge in [-0.2, -0.15) is 0 Å². The summed E-state index contributed by atoms with van der Waals surface area (Å²) in [5.41, 5.74) is 8.70. The fourth-order valence-electron chi connectivity index (χ4n) is 2.19. The van der Waals surface area contributed by atoms with Crippen LogP contribution in [0.3, 0.4) is 0 Å². The van der Waals surface area contributed by atoms with Crippen LogP contribution in [0.5, 0.6) is 5.75 Å². The standard InChI is InChI=1S/C19H23NO3.ClH/c1-3-17(20)12-14-6-10-18(11-7-14)23-13-15-4-8-16(9-5-15)19(21)22-2;/h4-11,17H,3,12-13,20H2,1-2H3;1H. The maximum absolute atomic E-state index is 11.4. The summed E-state index contributed by atoms with van der Waals surface area (Å²) in [5, 5.41) is 0. The number of methoxy groups -OCH3 is 1. The van der Waals surface area contributed by atoms with Crippen LogP contribution in [0.4, 0.5) is 0 Å². The Hall–Kier alpha value is -2.04. The summed E-state index contributed by atoms with van der Waals surface area (Å²) < 4.78 is 10.4. The molecule has 0 radical (unpaired) electrons. The van der Waals surface area contributed by atoms with E-state index in [9.17, 15) is 4.79 Å². The molecule has 1 atom stereocenters. The number of benzene rings is 2. The normalized spacial score (nSPS) is 11.3. The third-order valence-electron chi connectivity index (χ3n) is 3.73. The van der Waals surface area contributed by atoms with Gasteiger partial charge in [0.1, 0.15) is 12.4 Å². The van der Waals surface area contributed by atoms with E-state index in [2.05, 4.69) is 11.7 Å². The third-order valence-corrected chi connectivity index (χ3v) is 3.73. The predicted octanol–water partition coefficient (Wildman–Crippen LogP) is 3.75. The fraction of sp³-hybridized carbons (Fsp3) is 0.316. The van der Waals surface area contributed by atoms with E-state index < -0.39 is 0 Å². The Bertz CT molecular complexity index is 626. The van der Waals surface area contributed by atoms with Gasteiger partial charge < -0.3 is 15.2 Å². The summed E-state index contributed by atoms with van der Waals surface area (Å²) in [7, 11) is 1.37. The molecule has 4 nitrogen and oxygen atoms in total. The Morgan fingerprint density at radius 2 is 1.62 bits per heavy atom. The van der Waals surface area contributed by atoms with Crippen molar-refractivity contribution in [2.24, 2.45) is 5.73 Å².